The molecule has 0 unspecified atom stereocenters. The van der Waals surface area contributed by atoms with Crippen molar-refractivity contribution in [1.82, 2.24) is 19.7 Å². The van der Waals surface area contributed by atoms with Gasteiger partial charge in [-0.15, -0.1) is 10.2 Å². The van der Waals surface area contributed by atoms with E-state index in [0.29, 0.717) is 24.9 Å². The number of rotatable bonds is 10. The van der Waals surface area contributed by atoms with Crippen molar-refractivity contribution in [2.75, 3.05) is 31.6 Å². The van der Waals surface area contributed by atoms with Crippen LogP contribution < -0.4 is 10.1 Å². The van der Waals surface area contributed by atoms with Gasteiger partial charge < -0.3 is 19.7 Å². The molecule has 0 spiro atoms. The number of nitrogens with one attached hydrogen (secondary N) is 1. The lowest BCUT2D eigenvalue weighted by Crippen LogP contribution is -2.29. The maximum absolute atomic E-state index is 10.8. The Morgan fingerprint density at radius 3 is 2.86 bits per heavy atom. The summed E-state index contributed by atoms with van der Waals surface area (Å²) in [6, 6.07) is 8.33. The van der Waals surface area contributed by atoms with Crippen LogP contribution >= 0.6 is 0 Å². The van der Waals surface area contributed by atoms with Crippen LogP contribution in [0.1, 0.15) is 37.1 Å². The van der Waals surface area contributed by atoms with Gasteiger partial charge in [-0.05, 0) is 50.0 Å². The highest BCUT2D eigenvalue weighted by molar-refractivity contribution is 5.69. The standard InChI is InChI=1S/C20H29N5O3/c1-24-18(14-19(26)27)22-23-20(24)21-9-6-12-28-17-8-5-7-16(13-17)15-25-10-3-2-4-11-25/h5,7-8,13H,2-4,6,9-12,14-15H2,1H3,(H,21,23)(H,26,27). The van der Waals surface area contributed by atoms with Gasteiger partial charge in [0.15, 0.2) is 0 Å². The Hall–Kier alpha value is -2.61. The molecular weight excluding hydrogens is 358 g/mol. The summed E-state index contributed by atoms with van der Waals surface area (Å²) >= 11 is 0. The molecule has 28 heavy (non-hydrogen) atoms. The van der Waals surface area contributed by atoms with Crippen LogP contribution in [0.15, 0.2) is 24.3 Å². The molecule has 2 aromatic rings. The molecule has 0 aliphatic carbocycles. The summed E-state index contributed by atoms with van der Waals surface area (Å²) < 4.78 is 7.55. The second-order valence-corrected chi connectivity index (χ2v) is 7.18. The minimum absolute atomic E-state index is 0.137. The van der Waals surface area contributed by atoms with E-state index in [0.717, 1.165) is 18.7 Å². The Balaban J connectivity index is 1.39. The number of anilines is 1. The van der Waals surface area contributed by atoms with Gasteiger partial charge in [0.2, 0.25) is 5.95 Å². The first-order valence-electron chi connectivity index (χ1n) is 9.90. The van der Waals surface area contributed by atoms with Gasteiger partial charge in [0.05, 0.1) is 6.61 Å². The van der Waals surface area contributed by atoms with Crippen LogP contribution in [-0.4, -0.2) is 57.0 Å². The smallest absolute Gasteiger partial charge is 0.311 e. The van der Waals surface area contributed by atoms with Gasteiger partial charge in [-0.25, -0.2) is 0 Å². The van der Waals surface area contributed by atoms with E-state index >= 15 is 0 Å². The second-order valence-electron chi connectivity index (χ2n) is 7.18. The van der Waals surface area contributed by atoms with E-state index in [-0.39, 0.29) is 6.42 Å². The van der Waals surface area contributed by atoms with E-state index in [2.05, 4.69) is 38.6 Å². The first-order chi connectivity index (χ1) is 13.6. The van der Waals surface area contributed by atoms with Crippen LogP contribution in [0.2, 0.25) is 0 Å². The molecule has 1 fully saturated rings. The van der Waals surface area contributed by atoms with Gasteiger partial charge in [0.25, 0.3) is 0 Å². The van der Waals surface area contributed by atoms with Gasteiger partial charge in [0.1, 0.15) is 18.0 Å². The van der Waals surface area contributed by atoms with Crippen LogP contribution in [0.25, 0.3) is 0 Å². The Bertz CT molecular complexity index is 771. The zero-order chi connectivity index (χ0) is 19.8. The molecule has 0 radical (unpaired) electrons. The summed E-state index contributed by atoms with van der Waals surface area (Å²) in [6.07, 6.45) is 4.61. The number of hydrogen-bond donors (Lipinski definition) is 2. The third-order valence-electron chi connectivity index (χ3n) is 4.90. The topological polar surface area (TPSA) is 92.5 Å². The third kappa shape index (κ3) is 5.95. The Morgan fingerprint density at radius 1 is 1.25 bits per heavy atom. The lowest BCUT2D eigenvalue weighted by molar-refractivity contribution is -0.136. The Labute approximate surface area is 165 Å². The van der Waals surface area contributed by atoms with Crippen molar-refractivity contribution in [2.45, 2.75) is 38.6 Å². The number of benzene rings is 1. The van der Waals surface area contributed by atoms with Crippen LogP contribution in [0.4, 0.5) is 5.95 Å². The Kier molecular flexibility index (Phi) is 7.25. The van der Waals surface area contributed by atoms with Crippen molar-refractivity contribution in [3.8, 4) is 5.75 Å². The number of nitrogens with zero attached hydrogens (tertiary/aromatic N) is 4. The lowest BCUT2D eigenvalue weighted by Gasteiger charge is -2.26. The summed E-state index contributed by atoms with van der Waals surface area (Å²) in [4.78, 5) is 13.3. The molecule has 2 N–H and O–H groups in total. The van der Waals surface area contributed by atoms with Gasteiger partial charge >= 0.3 is 5.97 Å². The number of aromatic nitrogens is 3. The van der Waals surface area contributed by atoms with E-state index < -0.39 is 5.97 Å². The number of carbonyl (C=O) groups is 1. The number of hydrogen-bond acceptors (Lipinski definition) is 6. The maximum Gasteiger partial charge on any atom is 0.311 e. The molecule has 0 bridgehead atoms. The molecule has 2 heterocycles. The number of carboxylic acid groups (broad SMARTS) is 1. The average Bonchev–Trinajstić information content (AvgIpc) is 3.02. The fourth-order valence-corrected chi connectivity index (χ4v) is 3.38. The number of likely N-dealkylation sites (tertiary alicyclic amines) is 1. The summed E-state index contributed by atoms with van der Waals surface area (Å²) in [5, 5.41) is 19.9. The SMILES string of the molecule is Cn1c(CC(=O)O)nnc1NCCCOc1cccc(CN2CCCCC2)c1. The Morgan fingerprint density at radius 2 is 2.07 bits per heavy atom. The van der Waals surface area contributed by atoms with Crippen molar-refractivity contribution < 1.29 is 14.6 Å². The number of carboxylic acids is 1. The normalized spacial score (nSPS) is 14.8. The van der Waals surface area contributed by atoms with E-state index in [1.807, 2.05) is 6.07 Å². The van der Waals surface area contributed by atoms with Crippen LogP contribution in [0.3, 0.4) is 0 Å². The van der Waals surface area contributed by atoms with E-state index in [1.54, 1.807) is 11.6 Å². The molecule has 0 atom stereocenters. The number of aliphatic carboxylic acids is 1. The molecule has 1 aliphatic rings. The summed E-state index contributed by atoms with van der Waals surface area (Å²) in [6.45, 7) is 4.63. The van der Waals surface area contributed by atoms with E-state index in [9.17, 15) is 4.79 Å². The van der Waals surface area contributed by atoms with Crippen molar-refractivity contribution >= 4 is 11.9 Å². The maximum atomic E-state index is 10.8. The van der Waals surface area contributed by atoms with Crippen LogP contribution in [-0.2, 0) is 24.8 Å². The molecular formula is C20H29N5O3. The predicted octanol–water partition coefficient (Wildman–Crippen LogP) is 2.31. The molecule has 1 saturated heterocycles. The summed E-state index contributed by atoms with van der Waals surface area (Å²) in [5.41, 5.74) is 1.29. The quantitative estimate of drug-likeness (QED) is 0.604. The fraction of sp³-hybridized carbons (Fsp3) is 0.550. The first kappa shape index (κ1) is 20.1. The van der Waals surface area contributed by atoms with Crippen molar-refractivity contribution in [2.24, 2.45) is 7.05 Å². The zero-order valence-corrected chi connectivity index (χ0v) is 16.4. The first-order valence-corrected chi connectivity index (χ1v) is 9.90. The molecule has 1 aliphatic heterocycles. The highest BCUT2D eigenvalue weighted by atomic mass is 16.5. The van der Waals surface area contributed by atoms with Crippen LogP contribution in [0.5, 0.6) is 5.75 Å². The van der Waals surface area contributed by atoms with Gasteiger partial charge in [-0.3, -0.25) is 9.69 Å². The molecule has 1 aromatic carbocycles. The predicted molar refractivity (Wildman–Crippen MR) is 107 cm³/mol. The van der Waals surface area contributed by atoms with Gasteiger partial charge in [-0.1, -0.05) is 18.6 Å². The van der Waals surface area contributed by atoms with Gasteiger partial charge in [0, 0.05) is 20.1 Å². The van der Waals surface area contributed by atoms with E-state index in [1.165, 1.54) is 37.9 Å². The van der Waals surface area contributed by atoms with Gasteiger partial charge in [-0.2, -0.15) is 0 Å². The number of ether oxygens (including phenoxy) is 1. The summed E-state index contributed by atoms with van der Waals surface area (Å²) in [5.74, 6) is 0.978. The van der Waals surface area contributed by atoms with E-state index in [4.69, 9.17) is 9.84 Å². The second kappa shape index (κ2) is 10.1. The lowest BCUT2D eigenvalue weighted by atomic mass is 10.1. The molecule has 0 amide bonds. The number of piperidine rings is 1. The minimum atomic E-state index is -0.919. The molecule has 3 rings (SSSR count). The highest BCUT2D eigenvalue weighted by Crippen LogP contribution is 2.17. The monoisotopic (exact) mass is 387 g/mol. The third-order valence-corrected chi connectivity index (χ3v) is 4.90. The van der Waals surface area contributed by atoms with Crippen molar-refractivity contribution in [3.63, 3.8) is 0 Å². The fourth-order valence-electron chi connectivity index (χ4n) is 3.38. The summed E-state index contributed by atoms with van der Waals surface area (Å²) in [7, 11) is 1.75. The molecule has 152 valence electrons. The molecule has 0 saturated carbocycles. The van der Waals surface area contributed by atoms with Crippen molar-refractivity contribution in [1.29, 1.82) is 0 Å². The molecule has 8 heteroatoms. The highest BCUT2D eigenvalue weighted by Gasteiger charge is 2.12. The molecule has 1 aromatic heterocycles. The van der Waals surface area contributed by atoms with Crippen LogP contribution in [0, 0.1) is 0 Å². The zero-order valence-electron chi connectivity index (χ0n) is 16.4. The molecule has 8 nitrogen and oxygen atoms in total. The largest absolute Gasteiger partial charge is 0.494 e. The average molecular weight is 387 g/mol. The van der Waals surface area contributed by atoms with Crippen molar-refractivity contribution in [3.05, 3.63) is 35.7 Å². The minimum Gasteiger partial charge on any atom is -0.494 e.